The number of rotatable bonds is 7. The Morgan fingerprint density at radius 1 is 1.15 bits per heavy atom. The lowest BCUT2D eigenvalue weighted by molar-refractivity contribution is -0.153. The van der Waals surface area contributed by atoms with Crippen molar-refractivity contribution in [3.8, 4) is 17.6 Å². The number of esters is 1. The maximum atomic E-state index is 11.9. The lowest BCUT2D eigenvalue weighted by Gasteiger charge is -2.14. The largest absolute Gasteiger partial charge is 0.497 e. The van der Waals surface area contributed by atoms with E-state index in [0.717, 1.165) is 0 Å². The topological polar surface area (TPSA) is 97.7 Å². The lowest BCUT2D eigenvalue weighted by Crippen LogP contribution is -2.29. The first kappa shape index (κ1) is 18.8. The molecule has 0 saturated carbocycles. The number of ether oxygens (including phenoxy) is 3. The van der Waals surface area contributed by atoms with Gasteiger partial charge in [0.1, 0.15) is 11.5 Å². The van der Waals surface area contributed by atoms with E-state index < -0.39 is 24.6 Å². The van der Waals surface area contributed by atoms with Crippen molar-refractivity contribution in [1.29, 1.82) is 5.26 Å². The third-order valence-corrected chi connectivity index (χ3v) is 3.33. The van der Waals surface area contributed by atoms with E-state index in [0.29, 0.717) is 22.7 Å². The highest BCUT2D eigenvalue weighted by atomic mass is 16.6. The van der Waals surface area contributed by atoms with Crippen LogP contribution in [-0.2, 0) is 14.3 Å². The number of methoxy groups -OCH3 is 1. The van der Waals surface area contributed by atoms with Gasteiger partial charge in [0.15, 0.2) is 12.7 Å². The summed E-state index contributed by atoms with van der Waals surface area (Å²) in [5.74, 6) is -0.120. The molecule has 134 valence electrons. The van der Waals surface area contributed by atoms with Crippen LogP contribution in [-0.4, -0.2) is 31.7 Å². The fourth-order valence-corrected chi connectivity index (χ4v) is 2.01. The number of amides is 1. The second-order valence-corrected chi connectivity index (χ2v) is 5.28. The Kier molecular flexibility index (Phi) is 6.57. The van der Waals surface area contributed by atoms with Crippen LogP contribution >= 0.6 is 0 Å². The molecule has 0 fully saturated rings. The van der Waals surface area contributed by atoms with Crippen LogP contribution < -0.4 is 14.8 Å². The van der Waals surface area contributed by atoms with E-state index >= 15 is 0 Å². The first-order valence-corrected chi connectivity index (χ1v) is 7.79. The molecule has 1 atom stereocenters. The average molecular weight is 354 g/mol. The summed E-state index contributed by atoms with van der Waals surface area (Å²) in [4.78, 5) is 23.8. The van der Waals surface area contributed by atoms with Crippen LogP contribution in [0.1, 0.15) is 12.5 Å². The average Bonchev–Trinajstić information content (AvgIpc) is 2.66. The van der Waals surface area contributed by atoms with Crippen molar-refractivity contribution in [3.63, 3.8) is 0 Å². The number of anilines is 1. The van der Waals surface area contributed by atoms with Crippen LogP contribution in [0.2, 0.25) is 0 Å². The molecule has 2 aromatic rings. The zero-order valence-corrected chi connectivity index (χ0v) is 14.4. The molecule has 0 aliphatic carbocycles. The van der Waals surface area contributed by atoms with Gasteiger partial charge in [0.25, 0.3) is 5.91 Å². The van der Waals surface area contributed by atoms with E-state index in [-0.39, 0.29) is 0 Å². The van der Waals surface area contributed by atoms with Gasteiger partial charge >= 0.3 is 5.97 Å². The van der Waals surface area contributed by atoms with Gasteiger partial charge < -0.3 is 19.5 Å². The van der Waals surface area contributed by atoms with Crippen LogP contribution in [0.4, 0.5) is 5.69 Å². The highest BCUT2D eigenvalue weighted by Crippen LogP contribution is 2.17. The van der Waals surface area contributed by atoms with Crippen molar-refractivity contribution < 1.29 is 23.8 Å². The number of hydrogen-bond acceptors (Lipinski definition) is 6. The van der Waals surface area contributed by atoms with E-state index in [2.05, 4.69) is 5.32 Å². The summed E-state index contributed by atoms with van der Waals surface area (Å²) in [6, 6.07) is 15.1. The predicted octanol–water partition coefficient (Wildman–Crippen LogP) is 2.52. The van der Waals surface area contributed by atoms with Crippen molar-refractivity contribution in [2.45, 2.75) is 13.0 Å². The molecule has 0 spiro atoms. The molecule has 0 heterocycles. The van der Waals surface area contributed by atoms with E-state index in [9.17, 15) is 9.59 Å². The monoisotopic (exact) mass is 354 g/mol. The van der Waals surface area contributed by atoms with Gasteiger partial charge in [-0.3, -0.25) is 4.79 Å². The molecule has 0 aromatic heterocycles. The Bertz CT molecular complexity index is 811. The first-order chi connectivity index (χ1) is 12.5. The summed E-state index contributed by atoms with van der Waals surface area (Å²) in [6.07, 6.45) is -0.896. The molecule has 0 saturated heterocycles. The van der Waals surface area contributed by atoms with E-state index in [1.54, 1.807) is 48.5 Å². The normalized spacial score (nSPS) is 11.0. The van der Waals surface area contributed by atoms with Crippen LogP contribution in [0.3, 0.4) is 0 Å². The molecule has 0 radical (unpaired) electrons. The second-order valence-electron chi connectivity index (χ2n) is 5.28. The summed E-state index contributed by atoms with van der Waals surface area (Å²) in [6.45, 7) is 1.08. The number of benzene rings is 2. The van der Waals surface area contributed by atoms with Gasteiger partial charge in [-0.15, -0.1) is 0 Å². The number of hydrogen-bond donors (Lipinski definition) is 1. The lowest BCUT2D eigenvalue weighted by atomic mass is 10.2. The van der Waals surface area contributed by atoms with E-state index in [4.69, 9.17) is 19.5 Å². The molecule has 0 bridgehead atoms. The first-order valence-electron chi connectivity index (χ1n) is 7.79. The molecule has 0 unspecified atom stereocenters. The highest BCUT2D eigenvalue weighted by Gasteiger charge is 2.18. The minimum atomic E-state index is -0.896. The maximum Gasteiger partial charge on any atom is 0.347 e. The molecule has 1 amide bonds. The van der Waals surface area contributed by atoms with Gasteiger partial charge in [0.2, 0.25) is 0 Å². The predicted molar refractivity (Wildman–Crippen MR) is 93.8 cm³/mol. The molecule has 1 N–H and O–H groups in total. The molecular formula is C19H18N2O5. The number of carbonyl (C=O) groups excluding carboxylic acids is 2. The van der Waals surface area contributed by atoms with Crippen molar-refractivity contribution >= 4 is 17.6 Å². The van der Waals surface area contributed by atoms with Crippen molar-refractivity contribution in [3.05, 3.63) is 54.1 Å². The summed E-state index contributed by atoms with van der Waals surface area (Å²) in [5, 5.41) is 11.4. The van der Waals surface area contributed by atoms with Crippen LogP contribution in [0.25, 0.3) is 0 Å². The second kappa shape index (κ2) is 9.08. The van der Waals surface area contributed by atoms with Crippen LogP contribution in [0.5, 0.6) is 11.5 Å². The zero-order valence-electron chi connectivity index (χ0n) is 14.4. The SMILES string of the molecule is COc1cccc(NC(=O)COC(=O)[C@@H](C)Oc2ccc(C#N)cc2)c1. The maximum absolute atomic E-state index is 11.9. The van der Waals surface area contributed by atoms with Crippen LogP contribution in [0.15, 0.2) is 48.5 Å². The Balaban J connectivity index is 1.80. The van der Waals surface area contributed by atoms with Crippen molar-refractivity contribution in [2.24, 2.45) is 0 Å². The molecule has 7 heteroatoms. The number of carbonyl (C=O) groups is 2. The van der Waals surface area contributed by atoms with Gasteiger partial charge in [-0.05, 0) is 43.3 Å². The van der Waals surface area contributed by atoms with Gasteiger partial charge in [0, 0.05) is 11.8 Å². The Labute approximate surface area is 151 Å². The highest BCUT2D eigenvalue weighted by molar-refractivity contribution is 5.93. The fourth-order valence-electron chi connectivity index (χ4n) is 2.01. The molecule has 7 nitrogen and oxygen atoms in total. The summed E-state index contributed by atoms with van der Waals surface area (Å²) >= 11 is 0. The number of nitrogens with one attached hydrogen (secondary N) is 1. The Morgan fingerprint density at radius 2 is 1.88 bits per heavy atom. The molecule has 0 aliphatic heterocycles. The zero-order chi connectivity index (χ0) is 18.9. The third kappa shape index (κ3) is 5.53. The van der Waals surface area contributed by atoms with Crippen molar-refractivity contribution in [1.82, 2.24) is 0 Å². The van der Waals surface area contributed by atoms with Gasteiger partial charge in [-0.1, -0.05) is 6.07 Å². The quantitative estimate of drug-likeness (QED) is 0.767. The van der Waals surface area contributed by atoms with Gasteiger partial charge in [0.05, 0.1) is 18.7 Å². The minimum Gasteiger partial charge on any atom is -0.497 e. The summed E-state index contributed by atoms with van der Waals surface area (Å²) < 4.78 is 15.4. The van der Waals surface area contributed by atoms with Crippen LogP contribution in [0, 0.1) is 11.3 Å². The van der Waals surface area contributed by atoms with E-state index in [1.165, 1.54) is 14.0 Å². The number of nitrogens with zero attached hydrogens (tertiary/aromatic N) is 1. The minimum absolute atomic E-state index is 0.425. The van der Waals surface area contributed by atoms with Gasteiger partial charge in [-0.25, -0.2) is 4.79 Å². The smallest absolute Gasteiger partial charge is 0.347 e. The van der Waals surface area contributed by atoms with E-state index in [1.807, 2.05) is 6.07 Å². The third-order valence-electron chi connectivity index (χ3n) is 3.33. The standard InChI is InChI=1S/C19H18N2O5/c1-13(26-16-8-6-14(11-20)7-9-16)19(23)25-12-18(22)21-15-4-3-5-17(10-15)24-2/h3-10,13H,12H2,1-2H3,(H,21,22)/t13-/m1/s1. The fraction of sp³-hybridized carbons (Fsp3) is 0.211. The van der Waals surface area contributed by atoms with Gasteiger partial charge in [-0.2, -0.15) is 5.26 Å². The molecule has 0 aliphatic rings. The van der Waals surface area contributed by atoms with Crippen molar-refractivity contribution in [2.75, 3.05) is 19.0 Å². The molecular weight excluding hydrogens is 336 g/mol. The summed E-state index contributed by atoms with van der Waals surface area (Å²) in [7, 11) is 1.53. The number of nitriles is 1. The Hall–Kier alpha value is -3.53. The molecule has 2 aromatic carbocycles. The summed E-state index contributed by atoms with van der Waals surface area (Å²) in [5.41, 5.74) is 1.02. The Morgan fingerprint density at radius 3 is 2.54 bits per heavy atom. The molecule has 2 rings (SSSR count). The molecule has 26 heavy (non-hydrogen) atoms.